The number of amidine groups is 1. The third-order valence-corrected chi connectivity index (χ3v) is 4.54. The fourth-order valence-electron chi connectivity index (χ4n) is 3.27. The zero-order valence-corrected chi connectivity index (χ0v) is 13.4. The van der Waals surface area contributed by atoms with Crippen molar-refractivity contribution in [3.63, 3.8) is 0 Å². The van der Waals surface area contributed by atoms with Crippen LogP contribution in [0.4, 0.5) is 0 Å². The molecule has 2 atom stereocenters. The molecule has 116 valence electrons. The van der Waals surface area contributed by atoms with Crippen LogP contribution in [-0.4, -0.2) is 30.9 Å². The topological polar surface area (TPSA) is 62.3 Å². The highest BCUT2D eigenvalue weighted by Crippen LogP contribution is 2.29. The van der Waals surface area contributed by atoms with E-state index in [1.165, 1.54) is 25.7 Å². The highest BCUT2D eigenvalue weighted by atomic mass is 16.5. The summed E-state index contributed by atoms with van der Waals surface area (Å²) in [5, 5.41) is 7.59. The molecule has 0 aliphatic heterocycles. The first kappa shape index (κ1) is 15.8. The molecule has 21 heavy (non-hydrogen) atoms. The first-order valence-electron chi connectivity index (χ1n) is 7.72. The summed E-state index contributed by atoms with van der Waals surface area (Å²) in [5.41, 5.74) is 7.46. The molecule has 4 heteroatoms. The molecule has 1 aliphatic rings. The molecule has 1 aromatic carbocycles. The summed E-state index contributed by atoms with van der Waals surface area (Å²) in [6.07, 6.45) is 5.22. The van der Waals surface area contributed by atoms with Crippen molar-refractivity contribution in [3.8, 4) is 5.75 Å². The second kappa shape index (κ2) is 6.94. The molecule has 0 radical (unpaired) electrons. The van der Waals surface area contributed by atoms with Crippen LogP contribution in [0.15, 0.2) is 18.2 Å². The van der Waals surface area contributed by atoms with Crippen LogP contribution in [0.1, 0.15) is 43.7 Å². The predicted octanol–water partition coefficient (Wildman–Crippen LogP) is 2.99. The van der Waals surface area contributed by atoms with Crippen molar-refractivity contribution in [2.45, 2.75) is 45.2 Å². The Morgan fingerprint density at radius 2 is 2.19 bits per heavy atom. The van der Waals surface area contributed by atoms with Gasteiger partial charge in [-0.2, -0.15) is 0 Å². The average Bonchev–Trinajstić information content (AvgIpc) is 2.47. The van der Waals surface area contributed by atoms with E-state index in [2.05, 4.69) is 18.9 Å². The van der Waals surface area contributed by atoms with E-state index < -0.39 is 0 Å². The van der Waals surface area contributed by atoms with Gasteiger partial charge in [0.25, 0.3) is 0 Å². The van der Waals surface area contributed by atoms with Gasteiger partial charge in [0.2, 0.25) is 0 Å². The highest BCUT2D eigenvalue weighted by Gasteiger charge is 2.23. The number of ether oxygens (including phenoxy) is 1. The molecular formula is C17H27N3O. The molecule has 1 aliphatic carbocycles. The summed E-state index contributed by atoms with van der Waals surface area (Å²) in [4.78, 5) is 2.41. The molecule has 2 rings (SSSR count). The fraction of sp³-hybridized carbons (Fsp3) is 0.588. The van der Waals surface area contributed by atoms with Crippen molar-refractivity contribution in [1.82, 2.24) is 4.90 Å². The largest absolute Gasteiger partial charge is 0.496 e. The van der Waals surface area contributed by atoms with E-state index in [0.29, 0.717) is 6.04 Å². The molecule has 0 amide bonds. The molecule has 0 saturated heterocycles. The lowest BCUT2D eigenvalue weighted by atomic mass is 9.86. The maximum absolute atomic E-state index is 7.59. The number of nitrogens with one attached hydrogen (secondary N) is 1. The van der Waals surface area contributed by atoms with Crippen molar-refractivity contribution >= 4 is 5.84 Å². The smallest absolute Gasteiger partial charge is 0.123 e. The van der Waals surface area contributed by atoms with Gasteiger partial charge in [-0.05, 0) is 44.0 Å². The predicted molar refractivity (Wildman–Crippen MR) is 86.9 cm³/mol. The summed E-state index contributed by atoms with van der Waals surface area (Å²) in [7, 11) is 3.87. The number of methoxy groups -OCH3 is 1. The van der Waals surface area contributed by atoms with E-state index in [1.807, 2.05) is 18.2 Å². The summed E-state index contributed by atoms with van der Waals surface area (Å²) < 4.78 is 5.45. The van der Waals surface area contributed by atoms with Gasteiger partial charge in [0.15, 0.2) is 0 Å². The van der Waals surface area contributed by atoms with Crippen LogP contribution in [0.5, 0.6) is 5.75 Å². The van der Waals surface area contributed by atoms with Gasteiger partial charge in [-0.1, -0.05) is 19.8 Å². The minimum absolute atomic E-state index is 0.104. The van der Waals surface area contributed by atoms with Gasteiger partial charge >= 0.3 is 0 Å². The van der Waals surface area contributed by atoms with Gasteiger partial charge < -0.3 is 10.5 Å². The lowest BCUT2D eigenvalue weighted by molar-refractivity contribution is 0.156. The normalized spacial score (nSPS) is 22.3. The minimum atomic E-state index is 0.104. The van der Waals surface area contributed by atoms with Gasteiger partial charge in [0.1, 0.15) is 11.6 Å². The van der Waals surface area contributed by atoms with Gasteiger partial charge in [-0.25, -0.2) is 0 Å². The maximum atomic E-state index is 7.59. The summed E-state index contributed by atoms with van der Waals surface area (Å²) in [6, 6.07) is 6.36. The van der Waals surface area contributed by atoms with Crippen LogP contribution in [0, 0.1) is 11.3 Å². The van der Waals surface area contributed by atoms with E-state index >= 15 is 0 Å². The molecular weight excluding hydrogens is 262 g/mol. The van der Waals surface area contributed by atoms with Gasteiger partial charge in [-0.3, -0.25) is 10.3 Å². The molecule has 0 spiro atoms. The van der Waals surface area contributed by atoms with Crippen LogP contribution >= 0.6 is 0 Å². The number of nitrogen functional groups attached to an aromatic ring is 1. The molecule has 0 aromatic heterocycles. The minimum Gasteiger partial charge on any atom is -0.496 e. The SMILES string of the molecule is COc1ccc(C(=N)N)cc1CN(C)C1CCCC(C)C1. The molecule has 4 nitrogen and oxygen atoms in total. The summed E-state index contributed by atoms with van der Waals surface area (Å²) >= 11 is 0. The second-order valence-electron chi connectivity index (χ2n) is 6.28. The second-order valence-corrected chi connectivity index (χ2v) is 6.28. The maximum Gasteiger partial charge on any atom is 0.123 e. The number of hydrogen-bond donors (Lipinski definition) is 2. The lowest BCUT2D eigenvalue weighted by Crippen LogP contribution is -2.35. The Morgan fingerprint density at radius 3 is 2.81 bits per heavy atom. The molecule has 1 fully saturated rings. The number of rotatable bonds is 5. The lowest BCUT2D eigenvalue weighted by Gasteiger charge is -2.34. The van der Waals surface area contributed by atoms with Crippen LogP contribution < -0.4 is 10.5 Å². The first-order chi connectivity index (χ1) is 10.0. The summed E-state index contributed by atoms with van der Waals surface area (Å²) in [5.74, 6) is 1.79. The molecule has 0 heterocycles. The van der Waals surface area contributed by atoms with Crippen LogP contribution in [0.3, 0.4) is 0 Å². The Kier molecular flexibility index (Phi) is 5.23. The molecule has 0 bridgehead atoms. The van der Waals surface area contributed by atoms with E-state index in [9.17, 15) is 0 Å². The van der Waals surface area contributed by atoms with E-state index in [0.717, 1.165) is 29.3 Å². The van der Waals surface area contributed by atoms with Gasteiger partial charge in [-0.15, -0.1) is 0 Å². The van der Waals surface area contributed by atoms with Crippen LogP contribution in [-0.2, 0) is 6.54 Å². The fourth-order valence-corrected chi connectivity index (χ4v) is 3.27. The molecule has 1 saturated carbocycles. The van der Waals surface area contributed by atoms with Gasteiger partial charge in [0, 0.05) is 23.7 Å². The standard InChI is InChI=1S/C17H27N3O/c1-12-5-4-6-15(9-12)20(2)11-14-10-13(17(18)19)7-8-16(14)21-3/h7-8,10,12,15H,4-6,9,11H2,1-3H3,(H3,18,19). The average molecular weight is 289 g/mol. The van der Waals surface area contributed by atoms with Crippen molar-refractivity contribution in [2.24, 2.45) is 11.7 Å². The monoisotopic (exact) mass is 289 g/mol. The summed E-state index contributed by atoms with van der Waals surface area (Å²) in [6.45, 7) is 3.18. The Hall–Kier alpha value is -1.55. The molecule has 1 aromatic rings. The van der Waals surface area contributed by atoms with Crippen LogP contribution in [0.25, 0.3) is 0 Å². The highest BCUT2D eigenvalue weighted by molar-refractivity contribution is 5.95. The molecule has 3 N–H and O–H groups in total. The van der Waals surface area contributed by atoms with Crippen LogP contribution in [0.2, 0.25) is 0 Å². The Balaban J connectivity index is 2.13. The Bertz CT molecular complexity index is 501. The van der Waals surface area contributed by atoms with E-state index in [4.69, 9.17) is 15.9 Å². The van der Waals surface area contributed by atoms with Crippen molar-refractivity contribution in [3.05, 3.63) is 29.3 Å². The first-order valence-corrected chi connectivity index (χ1v) is 7.72. The Morgan fingerprint density at radius 1 is 1.43 bits per heavy atom. The van der Waals surface area contributed by atoms with E-state index in [-0.39, 0.29) is 5.84 Å². The number of hydrogen-bond acceptors (Lipinski definition) is 3. The Labute approximate surface area is 127 Å². The third kappa shape index (κ3) is 3.97. The third-order valence-electron chi connectivity index (χ3n) is 4.54. The number of nitrogens with two attached hydrogens (primary N) is 1. The van der Waals surface area contributed by atoms with E-state index in [1.54, 1.807) is 7.11 Å². The number of benzene rings is 1. The van der Waals surface area contributed by atoms with Crippen molar-refractivity contribution < 1.29 is 4.74 Å². The van der Waals surface area contributed by atoms with Gasteiger partial charge in [0.05, 0.1) is 7.11 Å². The quantitative estimate of drug-likeness (QED) is 0.647. The molecule has 2 unspecified atom stereocenters. The number of nitrogens with zero attached hydrogens (tertiary/aromatic N) is 1. The van der Waals surface area contributed by atoms with Crippen molar-refractivity contribution in [2.75, 3.05) is 14.2 Å². The zero-order valence-electron chi connectivity index (χ0n) is 13.4. The zero-order chi connectivity index (χ0) is 15.4. The van der Waals surface area contributed by atoms with Crippen molar-refractivity contribution in [1.29, 1.82) is 5.41 Å².